The first-order chi connectivity index (χ1) is 20.3. The van der Waals surface area contributed by atoms with Crippen molar-refractivity contribution in [2.45, 2.75) is 51.1 Å². The second kappa shape index (κ2) is 11.1. The molecule has 0 radical (unpaired) electrons. The summed E-state index contributed by atoms with van der Waals surface area (Å²) in [4.78, 5) is 56.2. The number of imide groups is 1. The van der Waals surface area contributed by atoms with Gasteiger partial charge in [0, 0.05) is 37.2 Å². The van der Waals surface area contributed by atoms with Crippen molar-refractivity contribution >= 4 is 29.6 Å². The Hall–Kier alpha value is -4.81. The lowest BCUT2D eigenvalue weighted by atomic mass is 9.93. The zero-order valence-electron chi connectivity index (χ0n) is 23.1. The summed E-state index contributed by atoms with van der Waals surface area (Å²) in [7, 11) is 0. The van der Waals surface area contributed by atoms with Gasteiger partial charge in [-0.25, -0.2) is 19.1 Å². The van der Waals surface area contributed by atoms with Crippen LogP contribution < -0.4 is 5.32 Å². The number of fused-ring (bicyclic) bond motifs is 2. The van der Waals surface area contributed by atoms with E-state index in [9.17, 15) is 36.7 Å². The van der Waals surface area contributed by atoms with Gasteiger partial charge in [-0.3, -0.25) is 14.4 Å². The number of anilines is 1. The molecule has 9 nitrogen and oxygen atoms in total. The molecule has 1 aliphatic heterocycles. The molecule has 1 spiro atoms. The number of nitrogens with one attached hydrogen (secondary N) is 1. The number of hydrogen-bond acceptors (Lipinski definition) is 6. The Morgan fingerprint density at radius 2 is 1.79 bits per heavy atom. The van der Waals surface area contributed by atoms with Crippen LogP contribution in [-0.2, 0) is 37.7 Å². The van der Waals surface area contributed by atoms with E-state index in [0.29, 0.717) is 27.6 Å². The van der Waals surface area contributed by atoms with Gasteiger partial charge in [0.2, 0.25) is 17.4 Å². The van der Waals surface area contributed by atoms with Crippen molar-refractivity contribution in [3.8, 4) is 11.1 Å². The van der Waals surface area contributed by atoms with E-state index in [1.54, 1.807) is 30.5 Å². The highest BCUT2D eigenvalue weighted by Crippen LogP contribution is 2.46. The molecule has 1 aromatic heterocycles. The number of aromatic nitrogens is 1. The van der Waals surface area contributed by atoms with Gasteiger partial charge in [0.25, 0.3) is 5.91 Å². The lowest BCUT2D eigenvalue weighted by Crippen LogP contribution is -2.51. The summed E-state index contributed by atoms with van der Waals surface area (Å²) >= 11 is 0. The third-order valence-corrected chi connectivity index (χ3v) is 7.58. The molecule has 4 amide bonds. The predicted octanol–water partition coefficient (Wildman–Crippen LogP) is 4.95. The lowest BCUT2D eigenvalue weighted by molar-refractivity contribution is -0.187. The van der Waals surface area contributed by atoms with Crippen molar-refractivity contribution in [2.75, 3.05) is 11.9 Å². The zero-order valence-corrected chi connectivity index (χ0v) is 23.1. The number of amides is 4. The maximum absolute atomic E-state index is 13.7. The van der Waals surface area contributed by atoms with Gasteiger partial charge >= 0.3 is 12.3 Å². The molecule has 1 fully saturated rings. The molecule has 1 saturated heterocycles. The van der Waals surface area contributed by atoms with E-state index in [4.69, 9.17) is 4.74 Å². The van der Waals surface area contributed by atoms with Crippen molar-refractivity contribution in [3.05, 3.63) is 83.3 Å². The number of carbonyl (C=O) groups excluding carboxylic acids is 4. The fourth-order valence-corrected chi connectivity index (χ4v) is 5.28. The Morgan fingerprint density at radius 1 is 1.09 bits per heavy atom. The number of alkyl halides is 3. The number of rotatable bonds is 7. The van der Waals surface area contributed by atoms with Gasteiger partial charge in [0.1, 0.15) is 24.2 Å². The van der Waals surface area contributed by atoms with Crippen LogP contribution in [0.15, 0.2) is 60.8 Å². The van der Waals surface area contributed by atoms with Gasteiger partial charge in [0.15, 0.2) is 0 Å². The number of hydrogen-bond donors (Lipinski definition) is 1. The third-order valence-electron chi connectivity index (χ3n) is 7.58. The Labute approximate surface area is 243 Å². The predicted molar refractivity (Wildman–Crippen MR) is 145 cm³/mol. The van der Waals surface area contributed by atoms with Crippen molar-refractivity contribution in [3.63, 3.8) is 0 Å². The molecule has 1 N–H and O–H groups in total. The molecule has 5 rings (SSSR count). The van der Waals surface area contributed by atoms with Gasteiger partial charge in [0.05, 0.1) is 0 Å². The highest BCUT2D eigenvalue weighted by molar-refractivity contribution is 6.06. The average Bonchev–Trinajstić information content (AvgIpc) is 3.43. The fourth-order valence-electron chi connectivity index (χ4n) is 5.28. The maximum Gasteiger partial charge on any atom is 0.418 e. The molecule has 224 valence electrons. The standard InChI is InChI=1S/C30H26F4N4O5/c1-17(30(32,33)34)37(15-19-3-7-23(31)8-4-19)26(40)16-38-27(41)29(43-28(38)42)12-11-21-13-20(5-9-24(21)29)22-6-10-25(35-14-22)36-18(2)39/h3-10,13-14,17H,11-12,15-16H2,1-2H3,(H,35,36,39)/t17?,29-/m1/s1. The summed E-state index contributed by atoms with van der Waals surface area (Å²) in [5.41, 5.74) is 1.19. The van der Waals surface area contributed by atoms with Crippen molar-refractivity contribution in [1.29, 1.82) is 0 Å². The zero-order chi connectivity index (χ0) is 31.1. The number of pyridine rings is 1. The van der Waals surface area contributed by atoms with E-state index in [2.05, 4.69) is 10.3 Å². The smallest absolute Gasteiger partial charge is 0.418 e. The molecule has 2 aromatic carbocycles. The summed E-state index contributed by atoms with van der Waals surface area (Å²) in [5.74, 6) is -2.43. The number of ether oxygens (including phenoxy) is 1. The van der Waals surface area contributed by atoms with Gasteiger partial charge in [-0.05, 0) is 54.3 Å². The van der Waals surface area contributed by atoms with Crippen LogP contribution in [-0.4, -0.2) is 57.4 Å². The topological polar surface area (TPSA) is 109 Å². The Kier molecular flexibility index (Phi) is 7.67. The van der Waals surface area contributed by atoms with Gasteiger partial charge in [-0.15, -0.1) is 0 Å². The molecule has 43 heavy (non-hydrogen) atoms. The number of halogens is 4. The van der Waals surface area contributed by atoms with Crippen LogP contribution in [0.4, 0.5) is 28.2 Å². The maximum atomic E-state index is 13.7. The molecule has 1 aliphatic carbocycles. The first-order valence-corrected chi connectivity index (χ1v) is 13.3. The fraction of sp³-hybridized carbons (Fsp3) is 0.300. The normalized spacial score (nSPS) is 18.4. The van der Waals surface area contributed by atoms with Crippen LogP contribution >= 0.6 is 0 Å². The SMILES string of the molecule is CC(=O)Nc1ccc(-c2ccc3c(c2)CC[C@@]32OC(=O)N(CC(=O)N(Cc3ccc(F)cc3)C(C)C(F)(F)F)C2=O)cn1. The monoisotopic (exact) mass is 598 g/mol. The molecule has 0 saturated carbocycles. The van der Waals surface area contributed by atoms with Crippen LogP contribution in [0.3, 0.4) is 0 Å². The average molecular weight is 599 g/mol. The molecule has 0 bridgehead atoms. The highest BCUT2D eigenvalue weighted by Gasteiger charge is 2.58. The van der Waals surface area contributed by atoms with Crippen LogP contribution in [0, 0.1) is 5.82 Å². The first-order valence-electron chi connectivity index (χ1n) is 13.3. The lowest BCUT2D eigenvalue weighted by Gasteiger charge is -2.31. The van der Waals surface area contributed by atoms with E-state index in [1.165, 1.54) is 19.1 Å². The second-order valence-corrected chi connectivity index (χ2v) is 10.4. The largest absolute Gasteiger partial charge is 0.427 e. The van der Waals surface area contributed by atoms with E-state index in [-0.39, 0.29) is 17.9 Å². The summed E-state index contributed by atoms with van der Waals surface area (Å²) in [6, 6.07) is 10.9. The van der Waals surface area contributed by atoms with Crippen molar-refractivity contribution < 1.29 is 41.5 Å². The minimum atomic E-state index is -4.80. The van der Waals surface area contributed by atoms with Crippen LogP contribution in [0.5, 0.6) is 0 Å². The molecule has 13 heteroatoms. The molecule has 2 heterocycles. The summed E-state index contributed by atoms with van der Waals surface area (Å²) in [6.45, 7) is 0.683. The molecular weight excluding hydrogens is 572 g/mol. The Bertz CT molecular complexity index is 1590. The van der Waals surface area contributed by atoms with Crippen LogP contribution in [0.25, 0.3) is 11.1 Å². The highest BCUT2D eigenvalue weighted by atomic mass is 19.4. The minimum absolute atomic E-state index is 0.0962. The Balaban J connectivity index is 1.36. The van der Waals surface area contributed by atoms with Gasteiger partial charge < -0.3 is 15.0 Å². The van der Waals surface area contributed by atoms with Crippen LogP contribution in [0.1, 0.15) is 37.0 Å². The molecule has 2 atom stereocenters. The van der Waals surface area contributed by atoms with E-state index >= 15 is 0 Å². The molecule has 3 aromatic rings. The summed E-state index contributed by atoms with van der Waals surface area (Å²) in [6.07, 6.45) is -3.89. The van der Waals surface area contributed by atoms with Gasteiger partial charge in [-0.2, -0.15) is 13.2 Å². The molecule has 2 aliphatic rings. The second-order valence-electron chi connectivity index (χ2n) is 10.4. The van der Waals surface area contributed by atoms with E-state index in [1.807, 2.05) is 6.07 Å². The summed E-state index contributed by atoms with van der Waals surface area (Å²) < 4.78 is 59.9. The van der Waals surface area contributed by atoms with Crippen molar-refractivity contribution in [1.82, 2.24) is 14.8 Å². The first kappa shape index (κ1) is 29.7. The van der Waals surface area contributed by atoms with Crippen LogP contribution in [0.2, 0.25) is 0 Å². The number of aryl methyl sites for hydroxylation is 1. The summed E-state index contributed by atoms with van der Waals surface area (Å²) in [5, 5.41) is 2.58. The number of nitrogens with zero attached hydrogens (tertiary/aromatic N) is 3. The minimum Gasteiger partial charge on any atom is -0.427 e. The van der Waals surface area contributed by atoms with E-state index in [0.717, 1.165) is 35.7 Å². The quantitative estimate of drug-likeness (QED) is 0.386. The van der Waals surface area contributed by atoms with Crippen molar-refractivity contribution in [2.24, 2.45) is 0 Å². The molecule has 1 unspecified atom stereocenters. The molecular formula is C30H26F4N4O5. The van der Waals surface area contributed by atoms with Gasteiger partial charge in [-0.1, -0.05) is 30.3 Å². The number of benzene rings is 2. The Morgan fingerprint density at radius 3 is 2.42 bits per heavy atom. The van der Waals surface area contributed by atoms with E-state index < -0.39 is 54.6 Å². The number of carbonyl (C=O) groups is 4. The third kappa shape index (κ3) is 5.79.